The number of hydrogen-bond acceptors (Lipinski definition) is 4. The zero-order valence-electron chi connectivity index (χ0n) is 8.53. The van der Waals surface area contributed by atoms with Crippen LogP contribution in [0.15, 0.2) is 18.3 Å². The molecule has 14 heavy (non-hydrogen) atoms. The first-order chi connectivity index (χ1) is 6.63. The number of nitrogens with zero attached hydrogens (tertiary/aromatic N) is 2. The SMILES string of the molecule is C/C=C(\SC(C)=N)c1ccnc(C)n1. The number of allylic oxidation sites excluding steroid dienone is 1. The molecule has 1 heterocycles. The van der Waals surface area contributed by atoms with E-state index in [1.165, 1.54) is 11.8 Å². The van der Waals surface area contributed by atoms with Gasteiger partial charge in [0.1, 0.15) is 5.82 Å². The third-order valence-corrected chi connectivity index (χ3v) is 2.52. The molecule has 0 atom stereocenters. The summed E-state index contributed by atoms with van der Waals surface area (Å²) in [6.45, 7) is 5.57. The van der Waals surface area contributed by atoms with E-state index < -0.39 is 0 Å². The third kappa shape index (κ3) is 2.96. The molecular formula is C10H13N3S. The molecule has 0 saturated carbocycles. The Hall–Kier alpha value is -1.16. The molecule has 0 aliphatic heterocycles. The lowest BCUT2D eigenvalue weighted by Gasteiger charge is -2.04. The van der Waals surface area contributed by atoms with Gasteiger partial charge in [-0.25, -0.2) is 9.97 Å². The van der Waals surface area contributed by atoms with Crippen LogP contribution in [-0.4, -0.2) is 15.0 Å². The van der Waals surface area contributed by atoms with Crippen LogP contribution < -0.4 is 0 Å². The second kappa shape index (κ2) is 4.91. The number of aryl methyl sites for hydroxylation is 1. The van der Waals surface area contributed by atoms with E-state index in [-0.39, 0.29) is 0 Å². The van der Waals surface area contributed by atoms with Gasteiger partial charge in [0.15, 0.2) is 0 Å². The van der Waals surface area contributed by atoms with E-state index in [4.69, 9.17) is 5.41 Å². The Bertz CT molecular complexity index is 371. The van der Waals surface area contributed by atoms with Crippen LogP contribution >= 0.6 is 11.8 Å². The Morgan fingerprint density at radius 3 is 2.79 bits per heavy atom. The number of rotatable bonds is 2. The molecule has 0 fully saturated rings. The van der Waals surface area contributed by atoms with Crippen molar-refractivity contribution in [1.82, 2.24) is 9.97 Å². The van der Waals surface area contributed by atoms with Gasteiger partial charge in [0.05, 0.1) is 10.7 Å². The van der Waals surface area contributed by atoms with Gasteiger partial charge < -0.3 is 0 Å². The lowest BCUT2D eigenvalue weighted by Crippen LogP contribution is -1.93. The Balaban J connectivity index is 2.96. The first kappa shape index (κ1) is 10.9. The molecule has 1 N–H and O–H groups in total. The van der Waals surface area contributed by atoms with Crippen molar-refractivity contribution in [1.29, 1.82) is 5.41 Å². The first-order valence-electron chi connectivity index (χ1n) is 4.33. The fraction of sp³-hybridized carbons (Fsp3) is 0.300. The predicted molar refractivity (Wildman–Crippen MR) is 61.4 cm³/mol. The molecule has 0 radical (unpaired) electrons. The van der Waals surface area contributed by atoms with E-state index in [1.807, 2.05) is 26.0 Å². The predicted octanol–water partition coefficient (Wildman–Crippen LogP) is 2.88. The first-order valence-corrected chi connectivity index (χ1v) is 5.14. The molecule has 1 aromatic rings. The van der Waals surface area contributed by atoms with E-state index in [0.29, 0.717) is 5.04 Å². The van der Waals surface area contributed by atoms with Gasteiger partial charge in [-0.2, -0.15) is 0 Å². The van der Waals surface area contributed by atoms with Gasteiger partial charge in [-0.15, -0.1) is 0 Å². The van der Waals surface area contributed by atoms with E-state index >= 15 is 0 Å². The fourth-order valence-electron chi connectivity index (χ4n) is 1.02. The summed E-state index contributed by atoms with van der Waals surface area (Å²) in [5, 5.41) is 7.97. The summed E-state index contributed by atoms with van der Waals surface area (Å²) in [5.74, 6) is 0.755. The lowest BCUT2D eigenvalue weighted by atomic mass is 10.3. The highest BCUT2D eigenvalue weighted by Crippen LogP contribution is 2.26. The average molecular weight is 207 g/mol. The van der Waals surface area contributed by atoms with Crippen LogP contribution in [0.25, 0.3) is 4.91 Å². The van der Waals surface area contributed by atoms with E-state index in [2.05, 4.69) is 9.97 Å². The summed E-state index contributed by atoms with van der Waals surface area (Å²) in [5.41, 5.74) is 0.886. The van der Waals surface area contributed by atoms with Crippen LogP contribution in [-0.2, 0) is 0 Å². The molecule has 0 aromatic carbocycles. The van der Waals surface area contributed by atoms with Gasteiger partial charge in [0.2, 0.25) is 0 Å². The molecule has 1 aromatic heterocycles. The molecule has 0 bridgehead atoms. The second-order valence-electron chi connectivity index (χ2n) is 2.80. The second-order valence-corrected chi connectivity index (χ2v) is 4.06. The highest BCUT2D eigenvalue weighted by molar-refractivity contribution is 8.21. The van der Waals surface area contributed by atoms with E-state index in [0.717, 1.165) is 16.4 Å². The smallest absolute Gasteiger partial charge is 0.125 e. The molecule has 0 spiro atoms. The lowest BCUT2D eigenvalue weighted by molar-refractivity contribution is 1.04. The van der Waals surface area contributed by atoms with Crippen molar-refractivity contribution in [3.05, 3.63) is 29.9 Å². The standard InChI is InChI=1S/C10H13N3S/c1-4-10(14-7(2)11)9-5-6-12-8(3)13-9/h4-6,11H,1-3H3/b10-4-,11-7?. The summed E-state index contributed by atoms with van der Waals surface area (Å²) in [6, 6.07) is 1.86. The van der Waals surface area contributed by atoms with Gasteiger partial charge in [-0.1, -0.05) is 17.8 Å². The molecule has 0 amide bonds. The molecule has 0 aliphatic rings. The minimum Gasteiger partial charge on any atom is -0.298 e. The Morgan fingerprint density at radius 1 is 1.57 bits per heavy atom. The number of hydrogen-bond donors (Lipinski definition) is 1. The molecule has 3 nitrogen and oxygen atoms in total. The Morgan fingerprint density at radius 2 is 2.29 bits per heavy atom. The van der Waals surface area contributed by atoms with Crippen LogP contribution in [0.3, 0.4) is 0 Å². The van der Waals surface area contributed by atoms with Crippen molar-refractivity contribution in [3.63, 3.8) is 0 Å². The number of nitrogens with one attached hydrogen (secondary N) is 1. The van der Waals surface area contributed by atoms with E-state index in [1.54, 1.807) is 13.1 Å². The zero-order chi connectivity index (χ0) is 10.6. The topological polar surface area (TPSA) is 49.6 Å². The monoisotopic (exact) mass is 207 g/mol. The minimum atomic E-state index is 0.564. The molecule has 4 heteroatoms. The number of aromatic nitrogens is 2. The van der Waals surface area contributed by atoms with Gasteiger partial charge in [0.25, 0.3) is 0 Å². The van der Waals surface area contributed by atoms with Crippen molar-refractivity contribution in [3.8, 4) is 0 Å². The quantitative estimate of drug-likeness (QED) is 0.599. The van der Waals surface area contributed by atoms with Crippen LogP contribution in [0, 0.1) is 12.3 Å². The average Bonchev–Trinajstić information content (AvgIpc) is 2.14. The third-order valence-electron chi connectivity index (χ3n) is 1.55. The van der Waals surface area contributed by atoms with Gasteiger partial charge in [-0.3, -0.25) is 5.41 Å². The van der Waals surface area contributed by atoms with Crippen molar-refractivity contribution in [2.45, 2.75) is 20.8 Å². The van der Waals surface area contributed by atoms with Crippen molar-refractivity contribution < 1.29 is 0 Å². The normalized spacial score (nSPS) is 11.5. The summed E-state index contributed by atoms with van der Waals surface area (Å²) < 4.78 is 0. The molecule has 0 aliphatic carbocycles. The van der Waals surface area contributed by atoms with Crippen molar-refractivity contribution in [2.75, 3.05) is 0 Å². The maximum atomic E-state index is 7.41. The molecular weight excluding hydrogens is 194 g/mol. The Kier molecular flexibility index (Phi) is 3.83. The highest BCUT2D eigenvalue weighted by atomic mass is 32.2. The zero-order valence-corrected chi connectivity index (χ0v) is 9.35. The van der Waals surface area contributed by atoms with Gasteiger partial charge in [-0.05, 0) is 26.8 Å². The van der Waals surface area contributed by atoms with Crippen LogP contribution in [0.1, 0.15) is 25.4 Å². The van der Waals surface area contributed by atoms with Crippen molar-refractivity contribution in [2.24, 2.45) is 0 Å². The largest absolute Gasteiger partial charge is 0.298 e. The highest BCUT2D eigenvalue weighted by Gasteiger charge is 2.04. The maximum absolute atomic E-state index is 7.41. The fourth-order valence-corrected chi connectivity index (χ4v) is 1.68. The molecule has 0 saturated heterocycles. The van der Waals surface area contributed by atoms with Crippen LogP contribution in [0.4, 0.5) is 0 Å². The van der Waals surface area contributed by atoms with Gasteiger partial charge >= 0.3 is 0 Å². The maximum Gasteiger partial charge on any atom is 0.125 e. The van der Waals surface area contributed by atoms with Crippen molar-refractivity contribution >= 4 is 21.7 Å². The van der Waals surface area contributed by atoms with Crippen LogP contribution in [0.5, 0.6) is 0 Å². The molecule has 74 valence electrons. The number of thioether (sulfide) groups is 1. The summed E-state index contributed by atoms with van der Waals surface area (Å²) in [7, 11) is 0. The van der Waals surface area contributed by atoms with E-state index in [9.17, 15) is 0 Å². The summed E-state index contributed by atoms with van der Waals surface area (Å²) in [4.78, 5) is 9.34. The Labute approximate surface area is 88.2 Å². The van der Waals surface area contributed by atoms with Crippen LogP contribution in [0.2, 0.25) is 0 Å². The summed E-state index contributed by atoms with van der Waals surface area (Å²) >= 11 is 1.42. The minimum absolute atomic E-state index is 0.564. The van der Waals surface area contributed by atoms with Gasteiger partial charge in [0, 0.05) is 11.1 Å². The summed E-state index contributed by atoms with van der Waals surface area (Å²) in [6.07, 6.45) is 3.70. The molecule has 1 rings (SSSR count). The molecule has 0 unspecified atom stereocenters.